The molecule has 7 heteroatoms. The van der Waals surface area contributed by atoms with Crippen molar-refractivity contribution >= 4 is 11.8 Å². The summed E-state index contributed by atoms with van der Waals surface area (Å²) in [4.78, 5) is 28.9. The summed E-state index contributed by atoms with van der Waals surface area (Å²) in [7, 11) is 2.03. The number of nitrogens with one attached hydrogen (secondary N) is 2. The van der Waals surface area contributed by atoms with Gasteiger partial charge in [-0.05, 0) is 77.0 Å². The van der Waals surface area contributed by atoms with Gasteiger partial charge in [-0.15, -0.1) is 0 Å². The number of nitrogens with zero attached hydrogens (tertiary/aromatic N) is 2. The molecule has 1 fully saturated rings. The van der Waals surface area contributed by atoms with E-state index < -0.39 is 11.8 Å². The summed E-state index contributed by atoms with van der Waals surface area (Å²) in [5, 5.41) is 5.48. The zero-order valence-corrected chi connectivity index (χ0v) is 18.7. The Bertz CT molecular complexity index is 667. The maximum Gasteiger partial charge on any atom is 0.309 e. The van der Waals surface area contributed by atoms with Crippen molar-refractivity contribution < 1.29 is 9.59 Å². The minimum Gasteiger partial charge on any atom is -0.348 e. The van der Waals surface area contributed by atoms with Gasteiger partial charge >= 0.3 is 11.8 Å². The summed E-state index contributed by atoms with van der Waals surface area (Å²) in [6.45, 7) is 7.63. The summed E-state index contributed by atoms with van der Waals surface area (Å²) in [6, 6.07) is 8.74. The smallest absolute Gasteiger partial charge is 0.309 e. The molecule has 1 aromatic carbocycles. The second-order valence-corrected chi connectivity index (χ2v) is 8.32. The summed E-state index contributed by atoms with van der Waals surface area (Å²) in [5.74, 6) is -1.14. The molecular formula is C23H39N5O2. The third kappa shape index (κ3) is 8.42. The van der Waals surface area contributed by atoms with Crippen molar-refractivity contribution in [3.05, 3.63) is 35.4 Å². The lowest BCUT2D eigenvalue weighted by Crippen LogP contribution is -2.41. The first-order valence-electron chi connectivity index (χ1n) is 11.3. The fourth-order valence-electron chi connectivity index (χ4n) is 3.86. The number of piperidine rings is 1. The summed E-state index contributed by atoms with van der Waals surface area (Å²) in [5.41, 5.74) is 7.79. The molecule has 0 saturated carbocycles. The number of nitrogens with two attached hydrogens (primary N) is 1. The van der Waals surface area contributed by atoms with Crippen LogP contribution in [0.3, 0.4) is 0 Å². The third-order valence-electron chi connectivity index (χ3n) is 5.82. The van der Waals surface area contributed by atoms with Gasteiger partial charge < -0.3 is 21.3 Å². The van der Waals surface area contributed by atoms with E-state index in [-0.39, 0.29) is 0 Å². The highest BCUT2D eigenvalue weighted by Crippen LogP contribution is 2.20. The number of hydrogen-bond donors (Lipinski definition) is 3. The van der Waals surface area contributed by atoms with Crippen LogP contribution >= 0.6 is 0 Å². The van der Waals surface area contributed by atoms with Crippen molar-refractivity contribution in [2.24, 2.45) is 5.73 Å². The van der Waals surface area contributed by atoms with Gasteiger partial charge in [0.15, 0.2) is 0 Å². The Kier molecular flexibility index (Phi) is 10.8. The number of carbonyl (C=O) groups is 2. The first-order valence-corrected chi connectivity index (χ1v) is 11.3. The van der Waals surface area contributed by atoms with Crippen LogP contribution in [0.25, 0.3) is 0 Å². The highest BCUT2D eigenvalue weighted by molar-refractivity contribution is 6.35. The van der Waals surface area contributed by atoms with Crippen LogP contribution in [-0.4, -0.2) is 67.4 Å². The number of hydrogen-bond acceptors (Lipinski definition) is 5. The maximum absolute atomic E-state index is 12.2. The fourth-order valence-corrected chi connectivity index (χ4v) is 3.86. The molecule has 0 aliphatic carbocycles. The molecule has 0 spiro atoms. The van der Waals surface area contributed by atoms with Crippen molar-refractivity contribution in [1.82, 2.24) is 20.4 Å². The quantitative estimate of drug-likeness (QED) is 0.375. The number of carbonyl (C=O) groups excluding carboxylic acids is 2. The van der Waals surface area contributed by atoms with E-state index in [9.17, 15) is 9.59 Å². The Morgan fingerprint density at radius 1 is 1.10 bits per heavy atom. The van der Waals surface area contributed by atoms with E-state index in [1.165, 1.54) is 24.8 Å². The molecule has 0 radical (unpaired) electrons. The van der Waals surface area contributed by atoms with Crippen LogP contribution in [0.4, 0.5) is 0 Å². The molecule has 2 amide bonds. The molecule has 0 aromatic heterocycles. The van der Waals surface area contributed by atoms with Gasteiger partial charge in [0, 0.05) is 25.7 Å². The lowest BCUT2D eigenvalue weighted by Gasteiger charge is -2.33. The molecular weight excluding hydrogens is 378 g/mol. The van der Waals surface area contributed by atoms with Crippen LogP contribution < -0.4 is 16.4 Å². The Morgan fingerprint density at radius 2 is 1.80 bits per heavy atom. The minimum atomic E-state index is -0.576. The lowest BCUT2D eigenvalue weighted by atomic mass is 10.0. The zero-order valence-electron chi connectivity index (χ0n) is 18.7. The van der Waals surface area contributed by atoms with Gasteiger partial charge in [-0.1, -0.05) is 30.7 Å². The standard InChI is InChI=1S/C23H39N5O2/c1-19-9-5-6-16-28(19)18-21-11-4-3-10-20(21)17-26-23(30)22(29)25-13-8-15-27(2)14-7-12-24/h3-4,10-11,19H,5-9,12-18,24H2,1-2H3,(H,25,29)(H,26,30). The number of rotatable bonds is 11. The normalized spacial score (nSPS) is 17.1. The molecule has 1 aliphatic rings. The van der Waals surface area contributed by atoms with Crippen LogP contribution in [0.2, 0.25) is 0 Å². The second kappa shape index (κ2) is 13.4. The fraction of sp³-hybridized carbons (Fsp3) is 0.652. The largest absolute Gasteiger partial charge is 0.348 e. The van der Waals surface area contributed by atoms with Crippen LogP contribution in [0.5, 0.6) is 0 Å². The first-order chi connectivity index (χ1) is 14.5. The van der Waals surface area contributed by atoms with Crippen molar-refractivity contribution in [3.63, 3.8) is 0 Å². The SMILES string of the molecule is CC1CCCCN1Cc1ccccc1CNC(=O)C(=O)NCCCN(C)CCCN. The van der Waals surface area contributed by atoms with E-state index in [0.717, 1.165) is 44.6 Å². The summed E-state index contributed by atoms with van der Waals surface area (Å²) < 4.78 is 0. The van der Waals surface area contributed by atoms with Crippen molar-refractivity contribution in [2.75, 3.05) is 39.8 Å². The molecule has 1 aromatic rings. The highest BCUT2D eigenvalue weighted by Gasteiger charge is 2.19. The van der Waals surface area contributed by atoms with Crippen LogP contribution in [0, 0.1) is 0 Å². The minimum absolute atomic E-state index is 0.368. The van der Waals surface area contributed by atoms with Crippen molar-refractivity contribution in [2.45, 2.75) is 58.2 Å². The zero-order chi connectivity index (χ0) is 21.8. The number of benzene rings is 1. The molecule has 2 rings (SSSR count). The molecule has 1 unspecified atom stereocenters. The molecule has 0 bridgehead atoms. The van der Waals surface area contributed by atoms with E-state index >= 15 is 0 Å². The van der Waals surface area contributed by atoms with Crippen LogP contribution in [0.15, 0.2) is 24.3 Å². The summed E-state index contributed by atoms with van der Waals surface area (Å²) in [6.07, 6.45) is 5.54. The van der Waals surface area contributed by atoms with E-state index in [1.807, 2.05) is 25.2 Å². The van der Waals surface area contributed by atoms with E-state index in [1.54, 1.807) is 0 Å². The van der Waals surface area contributed by atoms with E-state index in [0.29, 0.717) is 25.7 Å². The van der Waals surface area contributed by atoms with Gasteiger partial charge in [0.2, 0.25) is 0 Å². The molecule has 1 saturated heterocycles. The van der Waals surface area contributed by atoms with Gasteiger partial charge in [-0.2, -0.15) is 0 Å². The Balaban J connectivity index is 1.74. The predicted octanol–water partition coefficient (Wildman–Crippen LogP) is 1.46. The highest BCUT2D eigenvalue weighted by atomic mass is 16.2. The van der Waals surface area contributed by atoms with Gasteiger partial charge in [-0.25, -0.2) is 0 Å². The van der Waals surface area contributed by atoms with Crippen molar-refractivity contribution in [1.29, 1.82) is 0 Å². The molecule has 7 nitrogen and oxygen atoms in total. The Hall–Kier alpha value is -1.96. The first kappa shape index (κ1) is 24.3. The lowest BCUT2D eigenvalue weighted by molar-refractivity contribution is -0.139. The predicted molar refractivity (Wildman–Crippen MR) is 121 cm³/mol. The summed E-state index contributed by atoms with van der Waals surface area (Å²) >= 11 is 0. The average molecular weight is 418 g/mol. The van der Waals surface area contributed by atoms with Crippen molar-refractivity contribution in [3.8, 4) is 0 Å². The molecule has 4 N–H and O–H groups in total. The van der Waals surface area contributed by atoms with Gasteiger partial charge in [0.1, 0.15) is 0 Å². The van der Waals surface area contributed by atoms with Crippen LogP contribution in [-0.2, 0) is 22.7 Å². The van der Waals surface area contributed by atoms with E-state index in [2.05, 4.69) is 33.4 Å². The molecule has 1 aliphatic heterocycles. The van der Waals surface area contributed by atoms with Gasteiger partial charge in [0.25, 0.3) is 0 Å². The van der Waals surface area contributed by atoms with Gasteiger partial charge in [-0.3, -0.25) is 14.5 Å². The molecule has 30 heavy (non-hydrogen) atoms. The topological polar surface area (TPSA) is 90.7 Å². The molecule has 1 heterocycles. The van der Waals surface area contributed by atoms with Crippen LogP contribution in [0.1, 0.15) is 50.2 Å². The molecule has 1 atom stereocenters. The number of amides is 2. The number of likely N-dealkylation sites (tertiary alicyclic amines) is 1. The third-order valence-corrected chi connectivity index (χ3v) is 5.82. The second-order valence-electron chi connectivity index (χ2n) is 8.32. The Labute approximate surface area is 181 Å². The average Bonchev–Trinajstić information content (AvgIpc) is 2.75. The van der Waals surface area contributed by atoms with Gasteiger partial charge in [0.05, 0.1) is 0 Å². The Morgan fingerprint density at radius 3 is 2.53 bits per heavy atom. The van der Waals surface area contributed by atoms with E-state index in [4.69, 9.17) is 5.73 Å². The molecule has 168 valence electrons. The monoisotopic (exact) mass is 417 g/mol. The maximum atomic E-state index is 12.2.